The molecule has 0 N–H and O–H groups in total. The number of nitrogens with zero attached hydrogens (tertiary/aromatic N) is 2. The van der Waals surface area contributed by atoms with Gasteiger partial charge in [-0.25, -0.2) is 0 Å². The molecule has 0 aliphatic heterocycles. The van der Waals surface area contributed by atoms with Gasteiger partial charge in [0.05, 0.1) is 22.1 Å². The second kappa shape index (κ2) is 10.6. The van der Waals surface area contributed by atoms with E-state index >= 15 is 0 Å². The zero-order valence-corrected chi connectivity index (χ0v) is 26.2. The molecule has 48 heavy (non-hydrogen) atoms. The van der Waals surface area contributed by atoms with Gasteiger partial charge in [0.2, 0.25) is 0 Å². The van der Waals surface area contributed by atoms with E-state index in [-0.39, 0.29) is 0 Å². The third-order valence-electron chi connectivity index (χ3n) is 9.90. The van der Waals surface area contributed by atoms with Gasteiger partial charge < -0.3 is 9.13 Å². The fourth-order valence-corrected chi connectivity index (χ4v) is 7.68. The van der Waals surface area contributed by atoms with E-state index in [1.54, 1.807) is 0 Å². The lowest BCUT2D eigenvalue weighted by Crippen LogP contribution is -1.95. The maximum atomic E-state index is 2.45. The molecule has 8 aromatic carbocycles. The van der Waals surface area contributed by atoms with Crippen LogP contribution in [0.15, 0.2) is 182 Å². The van der Waals surface area contributed by atoms with Crippen LogP contribution in [0.4, 0.5) is 0 Å². The van der Waals surface area contributed by atoms with Crippen molar-refractivity contribution in [2.75, 3.05) is 0 Å². The summed E-state index contributed by atoms with van der Waals surface area (Å²) in [6.07, 6.45) is 0. The Morgan fingerprint density at radius 3 is 1.29 bits per heavy atom. The highest BCUT2D eigenvalue weighted by Gasteiger charge is 2.21. The molecule has 0 amide bonds. The van der Waals surface area contributed by atoms with Crippen molar-refractivity contribution in [3.63, 3.8) is 0 Å². The van der Waals surface area contributed by atoms with Crippen LogP contribution in [-0.2, 0) is 0 Å². The number of hydrogen-bond acceptors (Lipinski definition) is 0. The second-order valence-electron chi connectivity index (χ2n) is 12.6. The quantitative estimate of drug-likeness (QED) is 0.188. The first-order valence-electron chi connectivity index (χ1n) is 16.5. The minimum atomic E-state index is 1.16. The Hall–Kier alpha value is -6.38. The third-order valence-corrected chi connectivity index (χ3v) is 9.90. The monoisotopic (exact) mass is 610 g/mol. The van der Waals surface area contributed by atoms with Crippen molar-refractivity contribution in [1.29, 1.82) is 0 Å². The summed E-state index contributed by atoms with van der Waals surface area (Å²) >= 11 is 0. The summed E-state index contributed by atoms with van der Waals surface area (Å²) in [6, 6.07) is 66.1. The fraction of sp³-hybridized carbons (Fsp3) is 0. The molecule has 2 nitrogen and oxygen atoms in total. The van der Waals surface area contributed by atoms with Crippen molar-refractivity contribution in [1.82, 2.24) is 9.13 Å². The summed E-state index contributed by atoms with van der Waals surface area (Å²) in [5.41, 5.74) is 12.0. The summed E-state index contributed by atoms with van der Waals surface area (Å²) in [5, 5.41) is 7.60. The van der Waals surface area contributed by atoms with Gasteiger partial charge in [-0.15, -0.1) is 0 Å². The number of aromatic nitrogens is 2. The molecule has 0 bridgehead atoms. The molecule has 0 fully saturated rings. The van der Waals surface area contributed by atoms with Gasteiger partial charge in [-0.05, 0) is 87.6 Å². The van der Waals surface area contributed by atoms with Crippen LogP contribution in [0.1, 0.15) is 0 Å². The third kappa shape index (κ3) is 4.06. The SMILES string of the molecule is c1ccc(-c2ccc(-n3c4ccccc4c4c5c6cc7ccccc7cc6n(-c6ccc(-c7ccccc7)cc6)c5ccc43)cc2)cc1. The molecule has 0 aliphatic carbocycles. The largest absolute Gasteiger partial charge is 0.309 e. The molecule has 2 heterocycles. The minimum Gasteiger partial charge on any atom is -0.309 e. The standard InChI is InChI=1S/C46H30N2/c1-3-11-31(12-4-1)33-19-23-37(24-20-33)47-41-18-10-9-17-39(41)45-42(47)27-28-43-46(45)40-29-35-15-7-8-16-36(35)30-44(40)48(43)38-25-21-34(22-26-38)32-13-5-2-6-14-32/h1-30H. The Labute approximate surface area is 278 Å². The van der Waals surface area contributed by atoms with Gasteiger partial charge in [0.15, 0.2) is 0 Å². The maximum absolute atomic E-state index is 2.45. The molecule has 2 aromatic heterocycles. The van der Waals surface area contributed by atoms with E-state index in [0.717, 1.165) is 11.4 Å². The van der Waals surface area contributed by atoms with E-state index in [1.807, 2.05) is 0 Å². The highest BCUT2D eigenvalue weighted by molar-refractivity contribution is 6.29. The van der Waals surface area contributed by atoms with E-state index in [2.05, 4.69) is 191 Å². The zero-order chi connectivity index (χ0) is 31.6. The van der Waals surface area contributed by atoms with Crippen molar-refractivity contribution in [3.05, 3.63) is 182 Å². The molecule has 0 atom stereocenters. The predicted molar refractivity (Wildman–Crippen MR) is 203 cm³/mol. The maximum Gasteiger partial charge on any atom is 0.0548 e. The van der Waals surface area contributed by atoms with Crippen molar-refractivity contribution in [2.24, 2.45) is 0 Å². The Balaban J connectivity index is 1.26. The van der Waals surface area contributed by atoms with Gasteiger partial charge in [0.25, 0.3) is 0 Å². The number of hydrogen-bond donors (Lipinski definition) is 0. The Bertz CT molecular complexity index is 2780. The summed E-state index contributed by atoms with van der Waals surface area (Å²) in [6.45, 7) is 0. The van der Waals surface area contributed by atoms with Crippen molar-refractivity contribution in [3.8, 4) is 33.6 Å². The lowest BCUT2D eigenvalue weighted by atomic mass is 10.0. The lowest BCUT2D eigenvalue weighted by molar-refractivity contribution is 1.17. The molecule has 2 heteroatoms. The average Bonchev–Trinajstić information content (AvgIpc) is 3.67. The Morgan fingerprint density at radius 2 is 0.708 bits per heavy atom. The van der Waals surface area contributed by atoms with Gasteiger partial charge >= 0.3 is 0 Å². The van der Waals surface area contributed by atoms with Gasteiger partial charge in [-0.3, -0.25) is 0 Å². The number of fused-ring (bicyclic) bond motifs is 8. The first kappa shape index (κ1) is 26.8. The van der Waals surface area contributed by atoms with Crippen molar-refractivity contribution >= 4 is 54.4 Å². The van der Waals surface area contributed by atoms with Gasteiger partial charge in [-0.1, -0.05) is 127 Å². The van der Waals surface area contributed by atoms with Crippen LogP contribution in [-0.4, -0.2) is 9.13 Å². The molecule has 0 spiro atoms. The Kier molecular flexibility index (Phi) is 5.91. The fourth-order valence-electron chi connectivity index (χ4n) is 7.68. The van der Waals surface area contributed by atoms with Gasteiger partial charge in [-0.2, -0.15) is 0 Å². The highest BCUT2D eigenvalue weighted by atomic mass is 15.0. The first-order valence-corrected chi connectivity index (χ1v) is 16.5. The topological polar surface area (TPSA) is 9.86 Å². The van der Waals surface area contributed by atoms with Crippen LogP contribution >= 0.6 is 0 Å². The van der Waals surface area contributed by atoms with Crippen LogP contribution in [0, 0.1) is 0 Å². The molecule has 224 valence electrons. The van der Waals surface area contributed by atoms with Crippen LogP contribution < -0.4 is 0 Å². The molecule has 0 saturated carbocycles. The molecular formula is C46H30N2. The van der Waals surface area contributed by atoms with Gasteiger partial charge in [0.1, 0.15) is 0 Å². The van der Waals surface area contributed by atoms with Crippen LogP contribution in [0.25, 0.3) is 88.0 Å². The number of para-hydroxylation sites is 1. The molecule has 0 aliphatic rings. The number of rotatable bonds is 4. The predicted octanol–water partition coefficient (Wildman–Crippen LogP) is 12.4. The van der Waals surface area contributed by atoms with Crippen molar-refractivity contribution < 1.29 is 0 Å². The Morgan fingerprint density at radius 1 is 0.271 bits per heavy atom. The van der Waals surface area contributed by atoms with Crippen LogP contribution in [0.3, 0.4) is 0 Å². The molecule has 10 aromatic rings. The highest BCUT2D eigenvalue weighted by Crippen LogP contribution is 2.43. The van der Waals surface area contributed by atoms with Crippen molar-refractivity contribution in [2.45, 2.75) is 0 Å². The van der Waals surface area contributed by atoms with Gasteiger partial charge in [0, 0.05) is 32.9 Å². The zero-order valence-electron chi connectivity index (χ0n) is 26.2. The summed E-state index contributed by atoms with van der Waals surface area (Å²) in [5.74, 6) is 0. The van der Waals surface area contributed by atoms with E-state index < -0.39 is 0 Å². The van der Waals surface area contributed by atoms with E-state index in [9.17, 15) is 0 Å². The van der Waals surface area contributed by atoms with E-state index in [4.69, 9.17) is 0 Å². The summed E-state index contributed by atoms with van der Waals surface area (Å²) in [4.78, 5) is 0. The first-order chi connectivity index (χ1) is 23.8. The normalized spacial score (nSPS) is 11.8. The van der Waals surface area contributed by atoms with Crippen LogP contribution in [0.5, 0.6) is 0 Å². The molecule has 0 saturated heterocycles. The summed E-state index contributed by atoms with van der Waals surface area (Å²) in [7, 11) is 0. The minimum absolute atomic E-state index is 1.16. The van der Waals surface area contributed by atoms with Crippen LogP contribution in [0.2, 0.25) is 0 Å². The molecule has 0 unspecified atom stereocenters. The van der Waals surface area contributed by atoms with E-state index in [1.165, 1.54) is 76.6 Å². The second-order valence-corrected chi connectivity index (χ2v) is 12.6. The number of benzene rings is 8. The molecule has 10 rings (SSSR count). The summed E-state index contributed by atoms with van der Waals surface area (Å²) < 4.78 is 4.88. The lowest BCUT2D eigenvalue weighted by Gasteiger charge is -2.11. The van der Waals surface area contributed by atoms with E-state index in [0.29, 0.717) is 0 Å². The average molecular weight is 611 g/mol. The molecule has 0 radical (unpaired) electrons. The smallest absolute Gasteiger partial charge is 0.0548 e. The molecular weight excluding hydrogens is 581 g/mol.